The lowest BCUT2D eigenvalue weighted by Gasteiger charge is -2.37. The molecule has 2 heteroatoms. The maximum atomic E-state index is 3.75. The molecule has 1 aromatic carbocycles. The lowest BCUT2D eigenvalue weighted by molar-refractivity contribution is 0.177. The van der Waals surface area contributed by atoms with Gasteiger partial charge in [-0.2, -0.15) is 0 Å². The number of rotatable bonds is 4. The van der Waals surface area contributed by atoms with Crippen molar-refractivity contribution >= 4 is 22.6 Å². The van der Waals surface area contributed by atoms with Crippen molar-refractivity contribution in [2.75, 3.05) is 6.54 Å². The van der Waals surface area contributed by atoms with Gasteiger partial charge in [0.2, 0.25) is 0 Å². The third-order valence-electron chi connectivity index (χ3n) is 4.35. The second-order valence-corrected chi connectivity index (χ2v) is 7.40. The van der Waals surface area contributed by atoms with Crippen LogP contribution in [0.5, 0.6) is 0 Å². The fraction of sp³-hybridized carbons (Fsp3) is 0.647. The van der Waals surface area contributed by atoms with Crippen molar-refractivity contribution in [1.29, 1.82) is 0 Å². The van der Waals surface area contributed by atoms with Crippen LogP contribution in [0.4, 0.5) is 0 Å². The van der Waals surface area contributed by atoms with Crippen molar-refractivity contribution in [3.05, 3.63) is 33.4 Å². The van der Waals surface area contributed by atoms with Gasteiger partial charge in [-0.3, -0.25) is 0 Å². The summed E-state index contributed by atoms with van der Waals surface area (Å²) in [5, 5.41) is 3.75. The summed E-state index contributed by atoms with van der Waals surface area (Å²) in [6.07, 6.45) is 4.14. The molecule has 1 aliphatic rings. The van der Waals surface area contributed by atoms with Gasteiger partial charge in [0.1, 0.15) is 0 Å². The van der Waals surface area contributed by atoms with E-state index >= 15 is 0 Å². The summed E-state index contributed by atoms with van der Waals surface area (Å²) in [6.45, 7) is 8.11. The van der Waals surface area contributed by atoms with E-state index < -0.39 is 0 Å². The van der Waals surface area contributed by atoms with Crippen molar-refractivity contribution < 1.29 is 0 Å². The van der Waals surface area contributed by atoms with E-state index in [-0.39, 0.29) is 0 Å². The highest BCUT2D eigenvalue weighted by Gasteiger charge is 2.31. The van der Waals surface area contributed by atoms with E-state index in [4.69, 9.17) is 0 Å². The molecule has 0 spiro atoms. The zero-order chi connectivity index (χ0) is 13.8. The molecule has 106 valence electrons. The molecule has 1 N–H and O–H groups in total. The highest BCUT2D eigenvalue weighted by Crippen LogP contribution is 2.40. The standard InChI is InChI=1S/C17H26IN/c1-4-19-17(15-7-5-6-8-16(15)18)14-10-12(2)9-13(3)11-14/h5-8,12-14,17,19H,4,9-11H2,1-3H3. The fourth-order valence-corrected chi connectivity index (χ4v) is 4.48. The minimum atomic E-state index is 0.531. The number of hydrogen-bond acceptors (Lipinski definition) is 1. The molecular weight excluding hydrogens is 345 g/mol. The van der Waals surface area contributed by atoms with Gasteiger partial charge in [-0.15, -0.1) is 0 Å². The minimum absolute atomic E-state index is 0.531. The van der Waals surface area contributed by atoms with Crippen molar-refractivity contribution in [1.82, 2.24) is 5.32 Å². The maximum absolute atomic E-state index is 3.75. The van der Waals surface area contributed by atoms with Gasteiger partial charge < -0.3 is 5.32 Å². The van der Waals surface area contributed by atoms with Crippen molar-refractivity contribution in [3.63, 3.8) is 0 Å². The van der Waals surface area contributed by atoms with Crippen LogP contribution in [0.3, 0.4) is 0 Å². The van der Waals surface area contributed by atoms with Crippen LogP contribution in [-0.4, -0.2) is 6.54 Å². The van der Waals surface area contributed by atoms with E-state index in [1.165, 1.54) is 28.4 Å². The number of benzene rings is 1. The average molecular weight is 371 g/mol. The Bertz CT molecular complexity index is 394. The maximum Gasteiger partial charge on any atom is 0.0359 e. The fourth-order valence-electron chi connectivity index (χ4n) is 3.76. The summed E-state index contributed by atoms with van der Waals surface area (Å²) >= 11 is 2.48. The van der Waals surface area contributed by atoms with Crippen molar-refractivity contribution in [2.45, 2.75) is 46.1 Å². The van der Waals surface area contributed by atoms with Crippen LogP contribution in [0, 0.1) is 21.3 Å². The van der Waals surface area contributed by atoms with Crippen LogP contribution < -0.4 is 5.32 Å². The van der Waals surface area contributed by atoms with Gasteiger partial charge in [0.25, 0.3) is 0 Å². The van der Waals surface area contributed by atoms with Crippen LogP contribution >= 0.6 is 22.6 Å². The van der Waals surface area contributed by atoms with Gasteiger partial charge >= 0.3 is 0 Å². The summed E-state index contributed by atoms with van der Waals surface area (Å²) in [5.41, 5.74) is 1.50. The topological polar surface area (TPSA) is 12.0 Å². The molecule has 0 amide bonds. The predicted molar refractivity (Wildman–Crippen MR) is 91.2 cm³/mol. The van der Waals surface area contributed by atoms with Crippen LogP contribution in [-0.2, 0) is 0 Å². The number of hydrogen-bond donors (Lipinski definition) is 1. The summed E-state index contributed by atoms with van der Waals surface area (Å²) in [6, 6.07) is 9.38. The molecule has 19 heavy (non-hydrogen) atoms. The average Bonchev–Trinajstić information content (AvgIpc) is 2.36. The molecular formula is C17H26IN. The van der Waals surface area contributed by atoms with E-state index in [9.17, 15) is 0 Å². The smallest absolute Gasteiger partial charge is 0.0359 e. The monoisotopic (exact) mass is 371 g/mol. The summed E-state index contributed by atoms with van der Waals surface area (Å²) in [4.78, 5) is 0. The summed E-state index contributed by atoms with van der Waals surface area (Å²) < 4.78 is 1.40. The van der Waals surface area contributed by atoms with Crippen LogP contribution in [0.1, 0.15) is 51.6 Å². The molecule has 1 aromatic rings. The SMILES string of the molecule is CCNC(c1ccccc1I)C1CC(C)CC(C)C1. The Morgan fingerprint density at radius 1 is 1.16 bits per heavy atom. The normalized spacial score (nSPS) is 29.2. The van der Waals surface area contributed by atoms with E-state index in [2.05, 4.69) is 72.9 Å². The first-order valence-corrected chi connectivity index (χ1v) is 8.67. The third-order valence-corrected chi connectivity index (χ3v) is 5.33. The van der Waals surface area contributed by atoms with Gasteiger partial charge in [0.15, 0.2) is 0 Å². The Hall–Kier alpha value is -0.0900. The van der Waals surface area contributed by atoms with Gasteiger partial charge in [0, 0.05) is 9.61 Å². The molecule has 3 atom stereocenters. The molecule has 0 aliphatic heterocycles. The summed E-state index contributed by atoms with van der Waals surface area (Å²) in [7, 11) is 0. The van der Waals surface area contributed by atoms with Crippen molar-refractivity contribution in [3.8, 4) is 0 Å². The Kier molecular flexibility index (Phi) is 5.70. The van der Waals surface area contributed by atoms with E-state index in [0.717, 1.165) is 24.3 Å². The Labute approximate surface area is 131 Å². The molecule has 0 heterocycles. The van der Waals surface area contributed by atoms with Gasteiger partial charge in [-0.25, -0.2) is 0 Å². The van der Waals surface area contributed by atoms with Gasteiger partial charge in [-0.1, -0.05) is 39.0 Å². The number of nitrogens with one attached hydrogen (secondary N) is 1. The minimum Gasteiger partial charge on any atom is -0.310 e. The molecule has 0 bridgehead atoms. The Morgan fingerprint density at radius 3 is 2.37 bits per heavy atom. The highest BCUT2D eigenvalue weighted by atomic mass is 127. The largest absolute Gasteiger partial charge is 0.310 e. The molecule has 0 radical (unpaired) electrons. The Morgan fingerprint density at radius 2 is 1.79 bits per heavy atom. The predicted octanol–water partition coefficient (Wildman–Crippen LogP) is 5.01. The zero-order valence-corrected chi connectivity index (χ0v) is 14.5. The van der Waals surface area contributed by atoms with Crippen LogP contribution in [0.2, 0.25) is 0 Å². The first-order chi connectivity index (χ1) is 9.11. The highest BCUT2D eigenvalue weighted by molar-refractivity contribution is 14.1. The second-order valence-electron chi connectivity index (χ2n) is 6.23. The zero-order valence-electron chi connectivity index (χ0n) is 12.3. The van der Waals surface area contributed by atoms with E-state index in [1.54, 1.807) is 0 Å². The summed E-state index contributed by atoms with van der Waals surface area (Å²) in [5.74, 6) is 2.53. The van der Waals surface area contributed by atoms with Crippen LogP contribution in [0.25, 0.3) is 0 Å². The molecule has 1 aliphatic carbocycles. The van der Waals surface area contributed by atoms with Gasteiger partial charge in [-0.05, 0) is 77.8 Å². The van der Waals surface area contributed by atoms with Crippen LogP contribution in [0.15, 0.2) is 24.3 Å². The molecule has 2 rings (SSSR count). The first kappa shape index (κ1) is 15.3. The van der Waals surface area contributed by atoms with E-state index in [1.807, 2.05) is 0 Å². The van der Waals surface area contributed by atoms with Crippen molar-refractivity contribution in [2.24, 2.45) is 17.8 Å². The molecule has 1 fully saturated rings. The molecule has 0 aromatic heterocycles. The lowest BCUT2D eigenvalue weighted by atomic mass is 9.72. The third kappa shape index (κ3) is 3.94. The molecule has 0 saturated heterocycles. The first-order valence-electron chi connectivity index (χ1n) is 7.59. The number of halogens is 1. The Balaban J connectivity index is 2.22. The molecule has 3 unspecified atom stereocenters. The van der Waals surface area contributed by atoms with Gasteiger partial charge in [0.05, 0.1) is 0 Å². The second kappa shape index (κ2) is 7.07. The quantitative estimate of drug-likeness (QED) is 0.734. The lowest BCUT2D eigenvalue weighted by Crippen LogP contribution is -2.33. The molecule has 1 saturated carbocycles. The van der Waals surface area contributed by atoms with E-state index in [0.29, 0.717) is 6.04 Å². The molecule has 1 nitrogen and oxygen atoms in total.